The van der Waals surface area contributed by atoms with E-state index in [4.69, 9.17) is 4.42 Å². The molecule has 1 heterocycles. The summed E-state index contributed by atoms with van der Waals surface area (Å²) in [7, 11) is 0. The third-order valence-corrected chi connectivity index (χ3v) is 4.62. The molecule has 4 heteroatoms. The van der Waals surface area contributed by atoms with Crippen molar-refractivity contribution in [2.75, 3.05) is 5.32 Å². The third kappa shape index (κ3) is 4.28. The van der Waals surface area contributed by atoms with Gasteiger partial charge in [0.15, 0.2) is 5.78 Å². The fourth-order valence-electron chi connectivity index (χ4n) is 3.14. The quantitative estimate of drug-likeness (QED) is 0.338. The largest absolute Gasteiger partial charge is 0.465 e. The van der Waals surface area contributed by atoms with Gasteiger partial charge in [0.05, 0.1) is 17.5 Å². The summed E-state index contributed by atoms with van der Waals surface area (Å²) in [6, 6.07) is 28.9. The summed E-state index contributed by atoms with van der Waals surface area (Å²) in [6.45, 7) is 0. The number of anilines is 1. The maximum atomic E-state index is 13.2. The van der Waals surface area contributed by atoms with E-state index in [1.54, 1.807) is 60.9 Å². The molecule has 0 aliphatic heterocycles. The molecular weight excluding hydrogens is 374 g/mol. The smallest absolute Gasteiger partial charge is 0.256 e. The molecule has 4 aromatic rings. The van der Waals surface area contributed by atoms with Crippen molar-refractivity contribution < 1.29 is 14.0 Å². The van der Waals surface area contributed by atoms with Crippen LogP contribution in [0.1, 0.15) is 27.2 Å². The minimum absolute atomic E-state index is 0.150. The lowest BCUT2D eigenvalue weighted by Crippen LogP contribution is -2.16. The monoisotopic (exact) mass is 393 g/mol. The number of hydrogen-bond donors (Lipinski definition) is 1. The van der Waals surface area contributed by atoms with Crippen molar-refractivity contribution in [3.05, 3.63) is 126 Å². The van der Waals surface area contributed by atoms with Gasteiger partial charge in [-0.1, -0.05) is 72.8 Å². The Bertz CT molecular complexity index is 1180. The number of amides is 1. The molecule has 0 fully saturated rings. The number of hydrogen-bond acceptors (Lipinski definition) is 3. The topological polar surface area (TPSA) is 59.3 Å². The Hall–Kier alpha value is -4.18. The van der Waals surface area contributed by atoms with E-state index in [0.717, 1.165) is 5.56 Å². The van der Waals surface area contributed by atoms with Crippen LogP contribution >= 0.6 is 0 Å². The number of rotatable bonds is 6. The first kappa shape index (κ1) is 19.2. The number of nitrogens with one attached hydrogen (secondary N) is 1. The highest BCUT2D eigenvalue weighted by Crippen LogP contribution is 2.24. The second-order valence-electron chi connectivity index (χ2n) is 6.63. The summed E-state index contributed by atoms with van der Waals surface area (Å²) in [5, 5.41) is 2.90. The number of carbonyl (C=O) groups is 2. The van der Waals surface area contributed by atoms with Gasteiger partial charge in [0.1, 0.15) is 5.76 Å². The summed E-state index contributed by atoms with van der Waals surface area (Å²) in [5.41, 5.74) is 2.64. The van der Waals surface area contributed by atoms with Crippen LogP contribution in [0.2, 0.25) is 0 Å². The lowest BCUT2D eigenvalue weighted by molar-refractivity contribution is -0.111. The van der Waals surface area contributed by atoms with Gasteiger partial charge < -0.3 is 9.73 Å². The first-order chi connectivity index (χ1) is 14.7. The van der Waals surface area contributed by atoms with Crippen LogP contribution in [0.3, 0.4) is 0 Å². The van der Waals surface area contributed by atoms with E-state index >= 15 is 0 Å². The van der Waals surface area contributed by atoms with Gasteiger partial charge in [-0.25, -0.2) is 0 Å². The molecule has 146 valence electrons. The van der Waals surface area contributed by atoms with Crippen LogP contribution in [0.25, 0.3) is 11.6 Å². The summed E-state index contributed by atoms with van der Waals surface area (Å²) >= 11 is 0. The summed E-state index contributed by atoms with van der Waals surface area (Å²) in [5.74, 6) is 0.0892. The van der Waals surface area contributed by atoms with Crippen molar-refractivity contribution in [3.8, 4) is 0 Å². The molecule has 0 radical (unpaired) electrons. The highest BCUT2D eigenvalue weighted by atomic mass is 16.3. The van der Waals surface area contributed by atoms with Crippen LogP contribution < -0.4 is 5.32 Å². The molecule has 0 spiro atoms. The van der Waals surface area contributed by atoms with Crippen LogP contribution in [-0.2, 0) is 4.79 Å². The number of furan rings is 1. The van der Waals surface area contributed by atoms with E-state index in [1.165, 1.54) is 0 Å². The van der Waals surface area contributed by atoms with Gasteiger partial charge in [-0.2, -0.15) is 0 Å². The molecule has 0 saturated heterocycles. The average molecular weight is 393 g/mol. The standard InChI is InChI=1S/C26H19NO3/c28-25(20-12-5-2-6-13-20)22-15-7-8-16-24(22)27-26(29)23(18-21-14-9-17-30-21)19-10-3-1-4-11-19/h1-18H,(H,27,29)/b23-18+. The predicted octanol–water partition coefficient (Wildman–Crippen LogP) is 5.69. The first-order valence-corrected chi connectivity index (χ1v) is 9.53. The van der Waals surface area contributed by atoms with Crippen LogP contribution in [-0.4, -0.2) is 11.7 Å². The predicted molar refractivity (Wildman–Crippen MR) is 118 cm³/mol. The fourth-order valence-corrected chi connectivity index (χ4v) is 3.14. The molecule has 1 aromatic heterocycles. The zero-order chi connectivity index (χ0) is 20.8. The highest BCUT2D eigenvalue weighted by Gasteiger charge is 2.18. The average Bonchev–Trinajstić information content (AvgIpc) is 3.32. The van der Waals surface area contributed by atoms with E-state index in [9.17, 15) is 9.59 Å². The van der Waals surface area contributed by atoms with Crippen molar-refractivity contribution in [1.29, 1.82) is 0 Å². The van der Waals surface area contributed by atoms with Crippen molar-refractivity contribution >= 4 is 29.0 Å². The lowest BCUT2D eigenvalue weighted by Gasteiger charge is -2.13. The Morgan fingerprint density at radius 1 is 0.700 bits per heavy atom. The molecule has 1 amide bonds. The zero-order valence-electron chi connectivity index (χ0n) is 16.1. The molecule has 0 saturated carbocycles. The minimum atomic E-state index is -0.328. The van der Waals surface area contributed by atoms with Gasteiger partial charge in [-0.3, -0.25) is 9.59 Å². The van der Waals surface area contributed by atoms with Crippen molar-refractivity contribution in [1.82, 2.24) is 0 Å². The number of carbonyl (C=O) groups excluding carboxylic acids is 2. The summed E-state index contributed by atoms with van der Waals surface area (Å²) < 4.78 is 5.40. The fraction of sp³-hybridized carbons (Fsp3) is 0. The van der Waals surface area contributed by atoms with E-state index in [-0.39, 0.29) is 11.7 Å². The Balaban J connectivity index is 1.68. The molecule has 30 heavy (non-hydrogen) atoms. The number of benzene rings is 3. The van der Waals surface area contributed by atoms with Crippen LogP contribution in [0, 0.1) is 0 Å². The highest BCUT2D eigenvalue weighted by molar-refractivity contribution is 6.30. The van der Waals surface area contributed by atoms with Crippen LogP contribution in [0.15, 0.2) is 108 Å². The lowest BCUT2D eigenvalue weighted by atomic mass is 10.0. The van der Waals surface area contributed by atoms with Crippen molar-refractivity contribution in [3.63, 3.8) is 0 Å². The molecule has 0 unspecified atom stereocenters. The van der Waals surface area contributed by atoms with Crippen molar-refractivity contribution in [2.24, 2.45) is 0 Å². The maximum absolute atomic E-state index is 13.2. The van der Waals surface area contributed by atoms with Gasteiger partial charge in [-0.05, 0) is 35.9 Å². The first-order valence-electron chi connectivity index (χ1n) is 9.53. The normalized spacial score (nSPS) is 11.1. The molecule has 0 aliphatic rings. The SMILES string of the molecule is O=C(Nc1ccccc1C(=O)c1ccccc1)/C(=C/c1ccco1)c1ccccc1. The third-order valence-electron chi connectivity index (χ3n) is 4.62. The minimum Gasteiger partial charge on any atom is -0.465 e. The number of para-hydroxylation sites is 1. The molecule has 1 N–H and O–H groups in total. The van der Waals surface area contributed by atoms with Crippen molar-refractivity contribution in [2.45, 2.75) is 0 Å². The van der Waals surface area contributed by atoms with Gasteiger partial charge in [0.25, 0.3) is 5.91 Å². The Morgan fingerprint density at radius 2 is 1.33 bits per heavy atom. The van der Waals surface area contributed by atoms with E-state index in [1.807, 2.05) is 48.5 Å². The second kappa shape index (κ2) is 8.88. The Morgan fingerprint density at radius 3 is 2.00 bits per heavy atom. The Labute approximate surface area is 174 Å². The van der Waals surface area contributed by atoms with Gasteiger partial charge in [-0.15, -0.1) is 0 Å². The van der Waals surface area contributed by atoms with Crippen LogP contribution in [0.5, 0.6) is 0 Å². The zero-order valence-corrected chi connectivity index (χ0v) is 16.1. The summed E-state index contributed by atoms with van der Waals surface area (Å²) in [4.78, 5) is 26.2. The van der Waals surface area contributed by atoms with Gasteiger partial charge >= 0.3 is 0 Å². The number of ketones is 1. The molecule has 4 rings (SSSR count). The molecule has 4 nitrogen and oxygen atoms in total. The Kier molecular flexibility index (Phi) is 5.67. The molecule has 0 atom stereocenters. The molecule has 0 aliphatic carbocycles. The van der Waals surface area contributed by atoms with Gasteiger partial charge in [0, 0.05) is 11.1 Å². The van der Waals surface area contributed by atoms with E-state index < -0.39 is 0 Å². The molecule has 3 aromatic carbocycles. The summed E-state index contributed by atoms with van der Waals surface area (Å²) in [6.07, 6.45) is 3.24. The van der Waals surface area contributed by atoms with E-state index in [2.05, 4.69) is 5.32 Å². The molecule has 0 bridgehead atoms. The second-order valence-corrected chi connectivity index (χ2v) is 6.63. The molecular formula is C26H19NO3. The van der Waals surface area contributed by atoms with E-state index in [0.29, 0.717) is 28.1 Å². The van der Waals surface area contributed by atoms with Gasteiger partial charge in [0.2, 0.25) is 0 Å². The maximum Gasteiger partial charge on any atom is 0.256 e. The van der Waals surface area contributed by atoms with Crippen LogP contribution in [0.4, 0.5) is 5.69 Å².